The van der Waals surface area contributed by atoms with Gasteiger partial charge in [0.25, 0.3) is 0 Å². The Bertz CT molecular complexity index is 436. The van der Waals surface area contributed by atoms with E-state index in [0.717, 1.165) is 0 Å². The molecule has 10 nitrogen and oxygen atoms in total. The van der Waals surface area contributed by atoms with Gasteiger partial charge in [-0.3, -0.25) is 0 Å². The van der Waals surface area contributed by atoms with Crippen molar-refractivity contribution in [2.45, 2.75) is 58.8 Å². The minimum atomic E-state index is -1.07. The van der Waals surface area contributed by atoms with Crippen LogP contribution in [-0.2, 0) is 28.4 Å². The van der Waals surface area contributed by atoms with Crippen molar-refractivity contribution in [2.24, 2.45) is 0 Å². The van der Waals surface area contributed by atoms with Gasteiger partial charge in [-0.25, -0.2) is 9.59 Å². The van der Waals surface area contributed by atoms with Crippen molar-refractivity contribution in [2.75, 3.05) is 33.1 Å². The molecule has 0 heterocycles. The van der Waals surface area contributed by atoms with E-state index in [1.165, 1.54) is 6.82 Å². The molecule has 0 aromatic heterocycles. The number of likely N-dealkylation sites (N-methyl/N-ethyl adjacent to an activating group) is 2. The zero-order valence-corrected chi connectivity index (χ0v) is 19.1. The molecule has 0 aliphatic heterocycles. The Morgan fingerprint density at radius 3 is 1.79 bits per heavy atom. The Morgan fingerprint density at radius 1 is 1.07 bits per heavy atom. The Morgan fingerprint density at radius 2 is 1.48 bits per heavy atom. The second-order valence-corrected chi connectivity index (χ2v) is 5.89. The molecule has 13 heteroatoms. The van der Waals surface area contributed by atoms with Crippen molar-refractivity contribution in [1.82, 2.24) is 10.6 Å². The molecule has 0 fully saturated rings. The van der Waals surface area contributed by atoms with Crippen molar-refractivity contribution in [3.8, 4) is 0 Å². The summed E-state index contributed by atoms with van der Waals surface area (Å²) in [7, 11) is 3.04. The number of aliphatic hydroxyl groups excluding tert-OH is 1. The molecule has 0 aliphatic rings. The van der Waals surface area contributed by atoms with Crippen LogP contribution in [0.2, 0.25) is 6.82 Å². The molecule has 0 aromatic rings. The van der Waals surface area contributed by atoms with E-state index in [9.17, 15) is 14.7 Å². The van der Waals surface area contributed by atoms with Gasteiger partial charge in [0, 0.05) is 12.1 Å². The zero-order valence-electron chi connectivity index (χ0n) is 18.3. The van der Waals surface area contributed by atoms with E-state index in [1.54, 1.807) is 41.8 Å². The number of aliphatic hydroxyl groups is 1. The van der Waals surface area contributed by atoms with Gasteiger partial charge in [0.1, 0.15) is 0 Å². The van der Waals surface area contributed by atoms with Crippen LogP contribution in [0.15, 0.2) is 0 Å². The Labute approximate surface area is 179 Å². The minimum absolute atomic E-state index is 0.111. The van der Waals surface area contributed by atoms with Crippen LogP contribution in [0.1, 0.15) is 27.7 Å². The van der Waals surface area contributed by atoms with Crippen LogP contribution in [0, 0.1) is 0 Å². The van der Waals surface area contributed by atoms with Gasteiger partial charge in [-0.1, -0.05) is 0 Å². The molecule has 0 aliphatic carbocycles. The van der Waals surface area contributed by atoms with Crippen LogP contribution >= 0.6 is 11.6 Å². The maximum absolute atomic E-state index is 11.4. The third kappa shape index (κ3) is 18.7. The van der Waals surface area contributed by atoms with Crippen molar-refractivity contribution in [3.05, 3.63) is 0 Å². The van der Waals surface area contributed by atoms with Gasteiger partial charge in [0.05, 0.1) is 13.2 Å². The normalized spacial score (nSPS) is 13.7. The molecule has 0 saturated carbocycles. The predicted molar refractivity (Wildman–Crippen MR) is 112 cm³/mol. The summed E-state index contributed by atoms with van der Waals surface area (Å²) in [6.45, 7) is 8.97. The van der Waals surface area contributed by atoms with E-state index < -0.39 is 31.3 Å². The first-order valence-electron chi connectivity index (χ1n) is 9.26. The van der Waals surface area contributed by atoms with Crippen LogP contribution in [-0.4, -0.2) is 93.7 Å². The van der Waals surface area contributed by atoms with Crippen molar-refractivity contribution >= 4 is 37.8 Å². The topological polar surface area (TPSA) is 143 Å². The quantitative estimate of drug-likeness (QED) is 0.187. The molecule has 0 radical (unpaired) electrons. The monoisotopic (exact) mass is 440 g/mol. The van der Waals surface area contributed by atoms with Gasteiger partial charge < -0.3 is 34.9 Å². The molecule has 0 rings (SSSR count). The standard InChI is InChI=1S/C8H18BNO4.C7H15NO3.CH2BClO/c1-5-13-8(11)7(6(2)10-4)14-9(3)12;1-4-11-7(10)6(9)5(2)8-3;3-1-2-4/h6-7,10,12H,5H2,1-4H3;5-6,8-9H,4H2,1-3H3;1H2/t6-,7+;5-,6+;/m00./s1. The molecule has 170 valence electrons. The molecule has 0 aromatic carbocycles. The van der Waals surface area contributed by atoms with Gasteiger partial charge >= 0.3 is 48.3 Å². The number of hydrogen-bond acceptors (Lipinski definition) is 10. The summed E-state index contributed by atoms with van der Waals surface area (Å²) in [4.78, 5) is 22.2. The molecule has 0 saturated heterocycles. The van der Waals surface area contributed by atoms with Gasteiger partial charge in [-0.15, -0.1) is 0 Å². The first-order valence-corrected chi connectivity index (χ1v) is 9.80. The fraction of sp³-hybridized carbons (Fsp3) is 0.875. The average Bonchev–Trinajstić information content (AvgIpc) is 2.70. The molecule has 4 N–H and O–H groups in total. The number of esters is 2. The fourth-order valence-electron chi connectivity index (χ4n) is 1.56. The zero-order chi connectivity index (χ0) is 23.4. The molecule has 29 heavy (non-hydrogen) atoms. The number of ether oxygens (including phenoxy) is 2. The van der Waals surface area contributed by atoms with Gasteiger partial charge in [0.2, 0.25) is 0 Å². The molecular weight excluding hydrogens is 405 g/mol. The average molecular weight is 441 g/mol. The van der Waals surface area contributed by atoms with E-state index in [0.29, 0.717) is 20.4 Å². The number of carbonyl (C=O) groups is 2. The van der Waals surface area contributed by atoms with Crippen LogP contribution in [0.25, 0.3) is 0 Å². The molecule has 0 amide bonds. The molecule has 0 unspecified atom stereocenters. The first-order chi connectivity index (χ1) is 13.6. The summed E-state index contributed by atoms with van der Waals surface area (Å²) < 4.78 is 23.5. The van der Waals surface area contributed by atoms with Gasteiger partial charge in [-0.2, -0.15) is 0 Å². The Hall–Kier alpha value is -1.04. The molecule has 0 spiro atoms. The fourth-order valence-corrected chi connectivity index (χ4v) is 1.56. The second-order valence-electron chi connectivity index (χ2n) is 5.58. The summed E-state index contributed by atoms with van der Waals surface area (Å²) in [6, 6.07) is -0.474. The Balaban J connectivity index is -0.000000401. The third-order valence-electron chi connectivity index (χ3n) is 3.29. The second kappa shape index (κ2) is 21.7. The third-order valence-corrected chi connectivity index (χ3v) is 3.42. The SMILES string of the molecule is CCOC(=O)[C@H](O)[C@H](C)NC.CCOC(=O)[C@H](OB(C)O)[C@H](C)NC.O=BCCl. The Kier molecular flexibility index (Phi) is 24.4. The van der Waals surface area contributed by atoms with Gasteiger partial charge in [0.15, 0.2) is 12.2 Å². The predicted octanol–water partition coefficient (Wildman–Crippen LogP) is -0.596. The molecule has 4 atom stereocenters. The number of alkyl halides is 1. The number of halogens is 1. The number of hydrogen-bond donors (Lipinski definition) is 4. The summed E-state index contributed by atoms with van der Waals surface area (Å²) in [6.07, 6.45) is -1.85. The summed E-state index contributed by atoms with van der Waals surface area (Å²) in [5.74, 6) is -0.926. The van der Waals surface area contributed by atoms with E-state index in [4.69, 9.17) is 30.7 Å². The van der Waals surface area contributed by atoms with E-state index in [-0.39, 0.29) is 17.9 Å². The first kappa shape index (κ1) is 32.6. The summed E-state index contributed by atoms with van der Waals surface area (Å²) in [5.41, 5.74) is 0. The number of nitrogens with one attached hydrogen (secondary N) is 2. The summed E-state index contributed by atoms with van der Waals surface area (Å²) >= 11 is 4.82. The van der Waals surface area contributed by atoms with Crippen molar-refractivity contribution in [1.29, 1.82) is 0 Å². The van der Waals surface area contributed by atoms with Crippen molar-refractivity contribution < 1.29 is 38.6 Å². The van der Waals surface area contributed by atoms with Crippen LogP contribution in [0.3, 0.4) is 0 Å². The van der Waals surface area contributed by atoms with Gasteiger partial charge in [-0.05, 0) is 48.6 Å². The van der Waals surface area contributed by atoms with Crippen LogP contribution in [0.4, 0.5) is 0 Å². The van der Waals surface area contributed by atoms with E-state index >= 15 is 0 Å². The van der Waals surface area contributed by atoms with E-state index in [2.05, 4.69) is 15.4 Å². The maximum atomic E-state index is 11.4. The van der Waals surface area contributed by atoms with E-state index in [1.807, 2.05) is 0 Å². The molecule has 0 bridgehead atoms. The molecular formula is C16H35B2ClN2O8. The summed E-state index contributed by atoms with van der Waals surface area (Å²) in [5, 5.41) is 23.8. The van der Waals surface area contributed by atoms with Crippen LogP contribution in [0.5, 0.6) is 0 Å². The number of carbonyl (C=O) groups excluding carboxylic acids is 2. The van der Waals surface area contributed by atoms with Crippen LogP contribution < -0.4 is 10.6 Å². The number of rotatable bonds is 11. The van der Waals surface area contributed by atoms with Crippen molar-refractivity contribution in [3.63, 3.8) is 0 Å².